The minimum Gasteiger partial charge on any atom is -0.484 e. The van der Waals surface area contributed by atoms with Crippen LogP contribution in [0.15, 0.2) is 54.6 Å². The van der Waals surface area contributed by atoms with Gasteiger partial charge in [0.2, 0.25) is 5.91 Å². The smallest absolute Gasteiger partial charge is 0.261 e. The maximum atomic E-state index is 13.0. The number of rotatable bonds is 9. The summed E-state index contributed by atoms with van der Waals surface area (Å²) in [6.45, 7) is 7.93. The first-order valence-corrected chi connectivity index (χ1v) is 9.74. The van der Waals surface area contributed by atoms with Crippen LogP contribution in [0.5, 0.6) is 5.75 Å². The average molecular weight is 383 g/mol. The van der Waals surface area contributed by atoms with Crippen LogP contribution < -0.4 is 10.1 Å². The van der Waals surface area contributed by atoms with Gasteiger partial charge in [0.1, 0.15) is 11.8 Å². The van der Waals surface area contributed by atoms with E-state index < -0.39 is 6.04 Å². The Morgan fingerprint density at radius 3 is 2.29 bits per heavy atom. The number of amides is 2. The lowest BCUT2D eigenvalue weighted by molar-refractivity contribution is -0.143. The summed E-state index contributed by atoms with van der Waals surface area (Å²) in [5, 5.41) is 2.92. The largest absolute Gasteiger partial charge is 0.484 e. The van der Waals surface area contributed by atoms with Gasteiger partial charge in [-0.1, -0.05) is 55.5 Å². The molecule has 28 heavy (non-hydrogen) atoms. The van der Waals surface area contributed by atoms with Crippen LogP contribution >= 0.6 is 0 Å². The first-order chi connectivity index (χ1) is 13.4. The van der Waals surface area contributed by atoms with E-state index in [1.54, 1.807) is 4.90 Å². The molecule has 0 aliphatic carbocycles. The lowest BCUT2D eigenvalue weighted by Gasteiger charge is -2.31. The second-order valence-electron chi connectivity index (χ2n) is 7.15. The molecule has 5 heteroatoms. The number of carbonyl (C=O) groups excluding carboxylic acids is 2. The fourth-order valence-electron chi connectivity index (χ4n) is 3.02. The van der Waals surface area contributed by atoms with E-state index in [0.29, 0.717) is 18.7 Å². The molecule has 0 unspecified atom stereocenters. The van der Waals surface area contributed by atoms with Crippen LogP contribution in [0.2, 0.25) is 0 Å². The van der Waals surface area contributed by atoms with Gasteiger partial charge < -0.3 is 15.0 Å². The zero-order valence-electron chi connectivity index (χ0n) is 17.1. The molecular formula is C23H30N2O3. The van der Waals surface area contributed by atoms with E-state index in [0.717, 1.165) is 11.1 Å². The van der Waals surface area contributed by atoms with Crippen molar-refractivity contribution in [1.82, 2.24) is 10.2 Å². The molecule has 5 nitrogen and oxygen atoms in total. The van der Waals surface area contributed by atoms with E-state index in [9.17, 15) is 9.59 Å². The number of nitrogens with zero attached hydrogens (tertiary/aromatic N) is 1. The summed E-state index contributed by atoms with van der Waals surface area (Å²) in [7, 11) is 0. The van der Waals surface area contributed by atoms with Crippen LogP contribution in [0, 0.1) is 6.92 Å². The average Bonchev–Trinajstić information content (AvgIpc) is 2.67. The molecule has 0 aliphatic heterocycles. The Kier molecular flexibility index (Phi) is 8.05. The zero-order chi connectivity index (χ0) is 20.5. The van der Waals surface area contributed by atoms with Crippen LogP contribution in [0.1, 0.15) is 38.3 Å². The first-order valence-electron chi connectivity index (χ1n) is 9.74. The summed E-state index contributed by atoms with van der Waals surface area (Å²) in [5.74, 6) is 0.325. The molecule has 1 atom stereocenters. The fraction of sp³-hybridized carbons (Fsp3) is 0.391. The molecule has 0 saturated carbocycles. The molecule has 2 amide bonds. The summed E-state index contributed by atoms with van der Waals surface area (Å²) < 4.78 is 5.75. The van der Waals surface area contributed by atoms with Gasteiger partial charge in [0, 0.05) is 12.6 Å². The standard InChI is InChI=1S/C23H30N2O3/c1-5-20(23(27)24-17(2)3)25(15-19-12-7-6-8-13-19)22(26)16-28-21-14-10-9-11-18(21)4/h6-14,17,20H,5,15-16H2,1-4H3,(H,24,27)/t20-/m1/s1. The van der Waals surface area contributed by atoms with Gasteiger partial charge in [0.15, 0.2) is 6.61 Å². The monoisotopic (exact) mass is 382 g/mol. The molecule has 0 aromatic heterocycles. The van der Waals surface area contributed by atoms with Gasteiger partial charge in [-0.05, 0) is 44.4 Å². The number of ether oxygens (including phenoxy) is 1. The Morgan fingerprint density at radius 2 is 1.68 bits per heavy atom. The second kappa shape index (κ2) is 10.5. The van der Waals surface area contributed by atoms with E-state index in [1.807, 2.05) is 82.3 Å². The summed E-state index contributed by atoms with van der Waals surface area (Å²) in [6, 6.07) is 16.7. The van der Waals surface area contributed by atoms with Crippen molar-refractivity contribution in [1.29, 1.82) is 0 Å². The van der Waals surface area contributed by atoms with Crippen molar-refractivity contribution in [3.8, 4) is 5.75 Å². The zero-order valence-corrected chi connectivity index (χ0v) is 17.1. The molecule has 2 rings (SSSR count). The van der Waals surface area contributed by atoms with Gasteiger partial charge >= 0.3 is 0 Å². The third-order valence-electron chi connectivity index (χ3n) is 4.46. The summed E-state index contributed by atoms with van der Waals surface area (Å²) in [6.07, 6.45) is 0.529. The van der Waals surface area contributed by atoms with Crippen molar-refractivity contribution in [3.05, 3.63) is 65.7 Å². The minimum absolute atomic E-state index is 0.0124. The number of para-hydroxylation sites is 1. The molecule has 1 N–H and O–H groups in total. The maximum absolute atomic E-state index is 13.0. The van der Waals surface area contributed by atoms with Crippen molar-refractivity contribution in [2.45, 2.75) is 52.7 Å². The number of hydrogen-bond donors (Lipinski definition) is 1. The Balaban J connectivity index is 2.19. The molecule has 0 bridgehead atoms. The maximum Gasteiger partial charge on any atom is 0.261 e. The highest BCUT2D eigenvalue weighted by atomic mass is 16.5. The Labute approximate surface area is 167 Å². The van der Waals surface area contributed by atoms with Gasteiger partial charge in [0.05, 0.1) is 0 Å². The van der Waals surface area contributed by atoms with Crippen LogP contribution in [-0.2, 0) is 16.1 Å². The molecule has 0 spiro atoms. The van der Waals surface area contributed by atoms with E-state index in [-0.39, 0.29) is 24.5 Å². The molecule has 0 heterocycles. The predicted molar refractivity (Wildman–Crippen MR) is 111 cm³/mol. The highest BCUT2D eigenvalue weighted by molar-refractivity contribution is 5.88. The molecular weight excluding hydrogens is 352 g/mol. The summed E-state index contributed by atoms with van der Waals surface area (Å²) in [4.78, 5) is 27.4. The molecule has 150 valence electrons. The van der Waals surface area contributed by atoms with Gasteiger partial charge in [0.25, 0.3) is 5.91 Å². The fourth-order valence-corrected chi connectivity index (χ4v) is 3.02. The number of aryl methyl sites for hydroxylation is 1. The number of benzene rings is 2. The van der Waals surface area contributed by atoms with Gasteiger partial charge in [-0.3, -0.25) is 9.59 Å². The van der Waals surface area contributed by atoms with Gasteiger partial charge in [-0.25, -0.2) is 0 Å². The Hall–Kier alpha value is -2.82. The minimum atomic E-state index is -0.546. The highest BCUT2D eigenvalue weighted by Crippen LogP contribution is 2.17. The number of carbonyl (C=O) groups is 2. The molecule has 0 aliphatic rings. The summed E-state index contributed by atoms with van der Waals surface area (Å²) in [5.41, 5.74) is 1.94. The van der Waals surface area contributed by atoms with E-state index in [1.165, 1.54) is 0 Å². The van der Waals surface area contributed by atoms with E-state index >= 15 is 0 Å². The van der Waals surface area contributed by atoms with Gasteiger partial charge in [-0.15, -0.1) is 0 Å². The lowest BCUT2D eigenvalue weighted by atomic mass is 10.1. The van der Waals surface area contributed by atoms with Crippen LogP contribution in [-0.4, -0.2) is 35.4 Å². The van der Waals surface area contributed by atoms with Crippen LogP contribution in [0.25, 0.3) is 0 Å². The van der Waals surface area contributed by atoms with Crippen molar-refractivity contribution < 1.29 is 14.3 Å². The molecule has 0 radical (unpaired) electrons. The van der Waals surface area contributed by atoms with Crippen molar-refractivity contribution in [2.24, 2.45) is 0 Å². The number of nitrogens with one attached hydrogen (secondary N) is 1. The quantitative estimate of drug-likeness (QED) is 0.719. The molecule has 0 saturated heterocycles. The van der Waals surface area contributed by atoms with Gasteiger partial charge in [-0.2, -0.15) is 0 Å². The van der Waals surface area contributed by atoms with Crippen LogP contribution in [0.4, 0.5) is 0 Å². The van der Waals surface area contributed by atoms with E-state index in [4.69, 9.17) is 4.74 Å². The van der Waals surface area contributed by atoms with Crippen LogP contribution in [0.3, 0.4) is 0 Å². The normalized spacial score (nSPS) is 11.8. The Morgan fingerprint density at radius 1 is 1.04 bits per heavy atom. The highest BCUT2D eigenvalue weighted by Gasteiger charge is 2.29. The topological polar surface area (TPSA) is 58.6 Å². The summed E-state index contributed by atoms with van der Waals surface area (Å²) >= 11 is 0. The third-order valence-corrected chi connectivity index (χ3v) is 4.46. The lowest BCUT2D eigenvalue weighted by Crippen LogP contribution is -2.51. The first kappa shape index (κ1) is 21.5. The van der Waals surface area contributed by atoms with E-state index in [2.05, 4.69) is 5.32 Å². The van der Waals surface area contributed by atoms with Crippen molar-refractivity contribution >= 4 is 11.8 Å². The third kappa shape index (κ3) is 6.12. The second-order valence-corrected chi connectivity index (χ2v) is 7.15. The molecule has 0 fully saturated rings. The SMILES string of the molecule is CC[C@H](C(=O)NC(C)C)N(Cc1ccccc1)C(=O)COc1ccccc1C. The predicted octanol–water partition coefficient (Wildman–Crippen LogP) is 3.71. The van der Waals surface area contributed by atoms with Crippen molar-refractivity contribution in [2.75, 3.05) is 6.61 Å². The number of hydrogen-bond acceptors (Lipinski definition) is 3. The molecule has 2 aromatic rings. The van der Waals surface area contributed by atoms with Crippen molar-refractivity contribution in [3.63, 3.8) is 0 Å². The molecule has 2 aromatic carbocycles. The Bertz CT molecular complexity index is 774.